The number of fused-ring (bicyclic) bond motifs is 1. The van der Waals surface area contributed by atoms with Gasteiger partial charge in [-0.3, -0.25) is 4.79 Å². The molecule has 1 aliphatic heterocycles. The molecule has 4 aromatic rings. The number of carbonyl (C=O) groups excluding carboxylic acids is 1. The highest BCUT2D eigenvalue weighted by atomic mass is 19.1. The zero-order chi connectivity index (χ0) is 22.8. The van der Waals surface area contributed by atoms with Crippen molar-refractivity contribution >= 4 is 23.3 Å². The summed E-state index contributed by atoms with van der Waals surface area (Å²) in [6.07, 6.45) is 6.49. The van der Waals surface area contributed by atoms with Gasteiger partial charge in [-0.15, -0.1) is 5.10 Å². The molecule has 3 aromatic heterocycles. The van der Waals surface area contributed by atoms with Crippen molar-refractivity contribution in [3.63, 3.8) is 0 Å². The predicted octanol–water partition coefficient (Wildman–Crippen LogP) is 4.51. The number of ketones is 1. The first-order valence-electron chi connectivity index (χ1n) is 10.7. The molecule has 5 rings (SSSR count). The molecule has 0 radical (unpaired) electrons. The van der Waals surface area contributed by atoms with Crippen LogP contribution >= 0.6 is 0 Å². The number of rotatable bonds is 6. The number of aromatic nitrogens is 4. The van der Waals surface area contributed by atoms with Crippen LogP contribution in [0.25, 0.3) is 11.7 Å². The summed E-state index contributed by atoms with van der Waals surface area (Å²) >= 11 is 0. The third kappa shape index (κ3) is 4.19. The molecule has 0 aliphatic carbocycles. The second kappa shape index (κ2) is 8.82. The van der Waals surface area contributed by atoms with Crippen molar-refractivity contribution in [3.05, 3.63) is 89.6 Å². The van der Waals surface area contributed by atoms with Crippen molar-refractivity contribution in [3.8, 4) is 5.88 Å². The molecule has 1 aliphatic rings. The lowest BCUT2D eigenvalue weighted by Crippen LogP contribution is -2.24. The summed E-state index contributed by atoms with van der Waals surface area (Å²) < 4.78 is 20.5. The van der Waals surface area contributed by atoms with E-state index < -0.39 is 0 Å². The molecule has 0 spiro atoms. The molecule has 1 fully saturated rings. The summed E-state index contributed by atoms with van der Waals surface area (Å²) in [6.45, 7) is 0.805. The van der Waals surface area contributed by atoms with Gasteiger partial charge in [0.2, 0.25) is 11.7 Å². The highest BCUT2D eigenvalue weighted by Gasteiger charge is 2.28. The quantitative estimate of drug-likeness (QED) is 0.323. The largest absolute Gasteiger partial charge is 0.481 e. The Labute approximate surface area is 190 Å². The summed E-state index contributed by atoms with van der Waals surface area (Å²) in [5.74, 6) is 0.714. The van der Waals surface area contributed by atoms with Crippen molar-refractivity contribution in [2.45, 2.75) is 18.9 Å². The average Bonchev–Trinajstić information content (AvgIpc) is 3.50. The van der Waals surface area contributed by atoms with E-state index in [4.69, 9.17) is 9.84 Å². The first kappa shape index (κ1) is 20.8. The zero-order valence-electron chi connectivity index (χ0n) is 18.1. The molecular weight excluding hydrogens is 421 g/mol. The fourth-order valence-corrected chi connectivity index (χ4v) is 4.17. The van der Waals surface area contributed by atoms with Gasteiger partial charge in [-0.2, -0.15) is 0 Å². The van der Waals surface area contributed by atoms with Gasteiger partial charge in [0.1, 0.15) is 17.3 Å². The molecule has 1 aromatic carbocycles. The van der Waals surface area contributed by atoms with Gasteiger partial charge in [0, 0.05) is 12.6 Å². The molecule has 166 valence electrons. The number of carbonyl (C=O) groups is 1. The maximum absolute atomic E-state index is 13.8. The molecule has 0 bridgehead atoms. The summed E-state index contributed by atoms with van der Waals surface area (Å²) in [6, 6.07) is 15.8. The number of halogens is 1. The van der Waals surface area contributed by atoms with Crippen LogP contribution in [-0.2, 0) is 0 Å². The number of pyridine rings is 1. The minimum Gasteiger partial charge on any atom is -0.481 e. The maximum atomic E-state index is 13.8. The van der Waals surface area contributed by atoms with Gasteiger partial charge in [-0.25, -0.2) is 18.9 Å². The molecule has 0 saturated carbocycles. The van der Waals surface area contributed by atoms with Crippen LogP contribution in [0.2, 0.25) is 0 Å². The number of benzene rings is 1. The van der Waals surface area contributed by atoms with Crippen LogP contribution < -0.4 is 9.64 Å². The van der Waals surface area contributed by atoms with Crippen LogP contribution in [-0.4, -0.2) is 39.0 Å². The normalized spacial score (nSPS) is 16.1. The Bertz CT molecular complexity index is 1350. The van der Waals surface area contributed by atoms with Gasteiger partial charge in [-0.05, 0) is 60.9 Å². The van der Waals surface area contributed by atoms with E-state index in [0.717, 1.165) is 30.8 Å². The summed E-state index contributed by atoms with van der Waals surface area (Å²) in [7, 11) is 1.54. The Morgan fingerprint density at radius 3 is 2.91 bits per heavy atom. The van der Waals surface area contributed by atoms with E-state index in [9.17, 15) is 9.18 Å². The molecular formula is C25H22FN5O2. The number of methoxy groups -OCH3 is 1. The van der Waals surface area contributed by atoms with Crippen LogP contribution in [0.5, 0.6) is 5.88 Å². The minimum atomic E-state index is -0.248. The Hall–Kier alpha value is -4.07. The monoisotopic (exact) mass is 443 g/mol. The van der Waals surface area contributed by atoms with Gasteiger partial charge < -0.3 is 9.64 Å². The highest BCUT2D eigenvalue weighted by Crippen LogP contribution is 2.35. The van der Waals surface area contributed by atoms with E-state index in [1.54, 1.807) is 42.0 Å². The lowest BCUT2D eigenvalue weighted by atomic mass is 10.0. The Balaban J connectivity index is 1.44. The topological polar surface area (TPSA) is 72.6 Å². The lowest BCUT2D eigenvalue weighted by molar-refractivity contribution is 0.104. The predicted molar refractivity (Wildman–Crippen MR) is 123 cm³/mol. The van der Waals surface area contributed by atoms with Gasteiger partial charge in [-0.1, -0.05) is 18.2 Å². The zero-order valence-corrected chi connectivity index (χ0v) is 18.1. The van der Waals surface area contributed by atoms with Gasteiger partial charge in [0.25, 0.3) is 0 Å². The number of allylic oxidation sites excluding steroid dienone is 1. The van der Waals surface area contributed by atoms with Crippen molar-refractivity contribution < 1.29 is 13.9 Å². The standard InChI is InChI=1S/C25H22FN5O2/c1-33-25-9-3-7-19(28-25)10-11-22(32)21-16-27-23-12-13-24(29-31(21)23)30-14-4-8-20(30)17-5-2-6-18(26)15-17/h2-3,5-7,9-13,15-16,20H,4,8,14H2,1H3/t20-/m1/s1. The number of ether oxygens (including phenoxy) is 1. The van der Waals surface area contributed by atoms with Crippen molar-refractivity contribution in [1.82, 2.24) is 19.6 Å². The fourth-order valence-electron chi connectivity index (χ4n) is 4.17. The molecule has 0 N–H and O–H groups in total. The number of imidazole rings is 1. The first-order chi connectivity index (χ1) is 16.1. The van der Waals surface area contributed by atoms with E-state index in [0.29, 0.717) is 22.9 Å². The number of hydrogen-bond donors (Lipinski definition) is 0. The molecule has 33 heavy (non-hydrogen) atoms. The second-order valence-corrected chi connectivity index (χ2v) is 7.81. The third-order valence-corrected chi connectivity index (χ3v) is 5.74. The second-order valence-electron chi connectivity index (χ2n) is 7.81. The highest BCUT2D eigenvalue weighted by molar-refractivity contribution is 6.05. The van der Waals surface area contributed by atoms with Crippen molar-refractivity contribution in [2.24, 2.45) is 0 Å². The molecule has 7 nitrogen and oxygen atoms in total. The smallest absolute Gasteiger partial charge is 0.213 e. The van der Waals surface area contributed by atoms with Crippen LogP contribution in [0, 0.1) is 5.82 Å². The average molecular weight is 443 g/mol. The van der Waals surface area contributed by atoms with E-state index in [1.807, 2.05) is 24.3 Å². The Kier molecular flexibility index (Phi) is 5.56. The number of hydrogen-bond acceptors (Lipinski definition) is 6. The number of anilines is 1. The van der Waals surface area contributed by atoms with Crippen LogP contribution in [0.15, 0.2) is 66.9 Å². The van der Waals surface area contributed by atoms with Crippen molar-refractivity contribution in [1.29, 1.82) is 0 Å². The molecule has 8 heteroatoms. The number of nitrogens with zero attached hydrogens (tertiary/aromatic N) is 5. The van der Waals surface area contributed by atoms with Gasteiger partial charge >= 0.3 is 0 Å². The maximum Gasteiger partial charge on any atom is 0.213 e. The summed E-state index contributed by atoms with van der Waals surface area (Å²) in [5, 5.41) is 4.71. The summed E-state index contributed by atoms with van der Waals surface area (Å²) in [5.41, 5.74) is 2.47. The first-order valence-corrected chi connectivity index (χ1v) is 10.7. The van der Waals surface area contributed by atoms with Crippen LogP contribution in [0.4, 0.5) is 10.2 Å². The lowest BCUT2D eigenvalue weighted by Gasteiger charge is -2.26. The third-order valence-electron chi connectivity index (χ3n) is 5.74. The molecule has 1 atom stereocenters. The molecule has 4 heterocycles. The molecule has 1 saturated heterocycles. The Morgan fingerprint density at radius 1 is 1.18 bits per heavy atom. The Morgan fingerprint density at radius 2 is 2.06 bits per heavy atom. The van der Waals surface area contributed by atoms with Crippen LogP contribution in [0.3, 0.4) is 0 Å². The molecule has 0 amide bonds. The minimum absolute atomic E-state index is 0.0346. The van der Waals surface area contributed by atoms with E-state index >= 15 is 0 Å². The van der Waals surface area contributed by atoms with Crippen molar-refractivity contribution in [2.75, 3.05) is 18.6 Å². The summed E-state index contributed by atoms with van der Waals surface area (Å²) in [4.78, 5) is 23.7. The van der Waals surface area contributed by atoms with E-state index in [2.05, 4.69) is 14.9 Å². The van der Waals surface area contributed by atoms with Crippen LogP contribution in [0.1, 0.15) is 40.6 Å². The van der Waals surface area contributed by atoms with Gasteiger partial charge in [0.15, 0.2) is 5.65 Å². The molecule has 0 unspecified atom stereocenters. The van der Waals surface area contributed by atoms with E-state index in [-0.39, 0.29) is 17.6 Å². The SMILES string of the molecule is COc1cccc(C=CC(=O)c2cnc3ccc(N4CCC[C@@H]4c4cccc(F)c4)nn23)n1. The van der Waals surface area contributed by atoms with E-state index in [1.165, 1.54) is 18.3 Å². The fraction of sp³-hybridized carbons (Fsp3) is 0.200. The van der Waals surface area contributed by atoms with Gasteiger partial charge in [0.05, 0.1) is 25.0 Å².